The maximum Gasteiger partial charge on any atom is 0.255 e. The van der Waals surface area contributed by atoms with Gasteiger partial charge in [-0.1, -0.05) is 0 Å². The number of benzene rings is 2. The van der Waals surface area contributed by atoms with Gasteiger partial charge in [-0.15, -0.1) is 11.8 Å². The molecule has 2 amide bonds. The highest BCUT2D eigenvalue weighted by Crippen LogP contribution is 2.26. The van der Waals surface area contributed by atoms with Crippen LogP contribution < -0.4 is 10.1 Å². The van der Waals surface area contributed by atoms with Crippen molar-refractivity contribution in [1.29, 1.82) is 0 Å². The fraction of sp³-hybridized carbons (Fsp3) is 0.238. The van der Waals surface area contributed by atoms with Gasteiger partial charge in [0.15, 0.2) is 0 Å². The molecule has 1 saturated heterocycles. The standard InChI is InChI=1S/C21H21N3O3S/c1-2-27-17-6-3-14(4-7-17)21(26)24-13-28-12-19(24)20(25)23-16-5-8-18-15(11-16)9-10-22-18/h3-11,19,22H,2,12-13H2,1H3,(H,23,25). The highest BCUT2D eigenvalue weighted by atomic mass is 32.2. The second-order valence-electron chi connectivity index (χ2n) is 6.52. The molecule has 2 N–H and O–H groups in total. The monoisotopic (exact) mass is 395 g/mol. The number of ether oxygens (including phenoxy) is 1. The molecule has 6 nitrogen and oxygen atoms in total. The second kappa shape index (κ2) is 7.98. The normalized spacial score (nSPS) is 16.3. The van der Waals surface area contributed by atoms with Crippen molar-refractivity contribution in [2.45, 2.75) is 13.0 Å². The average Bonchev–Trinajstić information content (AvgIpc) is 3.37. The minimum Gasteiger partial charge on any atom is -0.494 e. The van der Waals surface area contributed by atoms with Crippen molar-refractivity contribution in [2.75, 3.05) is 23.6 Å². The third kappa shape index (κ3) is 3.71. The summed E-state index contributed by atoms with van der Waals surface area (Å²) in [5, 5.41) is 3.98. The lowest BCUT2D eigenvalue weighted by atomic mass is 10.1. The maximum absolute atomic E-state index is 12.9. The molecule has 0 spiro atoms. The molecule has 1 atom stereocenters. The Hall–Kier alpha value is -2.93. The summed E-state index contributed by atoms with van der Waals surface area (Å²) in [5.74, 6) is 1.50. The van der Waals surface area contributed by atoms with Gasteiger partial charge < -0.3 is 19.9 Å². The Morgan fingerprint density at radius 2 is 2.04 bits per heavy atom. The van der Waals surface area contributed by atoms with Crippen LogP contribution in [0.2, 0.25) is 0 Å². The van der Waals surface area contributed by atoms with E-state index in [4.69, 9.17) is 4.74 Å². The Bertz CT molecular complexity index is 1000. The van der Waals surface area contributed by atoms with Crippen LogP contribution in [0, 0.1) is 0 Å². The number of anilines is 1. The third-order valence-electron chi connectivity index (χ3n) is 4.68. The quantitative estimate of drug-likeness (QED) is 0.690. The Kier molecular flexibility index (Phi) is 5.25. The summed E-state index contributed by atoms with van der Waals surface area (Å²) in [6.45, 7) is 2.49. The number of H-pyrrole nitrogens is 1. The fourth-order valence-electron chi connectivity index (χ4n) is 3.24. The summed E-state index contributed by atoms with van der Waals surface area (Å²) in [6, 6.07) is 14.2. The molecular formula is C21H21N3O3S. The number of rotatable bonds is 5. The molecule has 1 unspecified atom stereocenters. The molecular weight excluding hydrogens is 374 g/mol. The molecule has 1 aliphatic rings. The van der Waals surface area contributed by atoms with E-state index in [1.807, 2.05) is 37.4 Å². The summed E-state index contributed by atoms with van der Waals surface area (Å²) in [5.41, 5.74) is 2.29. The zero-order valence-electron chi connectivity index (χ0n) is 15.5. The van der Waals surface area contributed by atoms with E-state index in [9.17, 15) is 9.59 Å². The van der Waals surface area contributed by atoms with Gasteiger partial charge in [-0.25, -0.2) is 0 Å². The van der Waals surface area contributed by atoms with Crippen LogP contribution in [0.3, 0.4) is 0 Å². The number of aromatic amines is 1. The molecule has 0 bridgehead atoms. The van der Waals surface area contributed by atoms with Crippen molar-refractivity contribution >= 4 is 40.2 Å². The number of carbonyl (C=O) groups is 2. The molecule has 144 valence electrons. The average molecular weight is 395 g/mol. The molecule has 1 aliphatic heterocycles. The number of carbonyl (C=O) groups excluding carboxylic acids is 2. The minimum absolute atomic E-state index is 0.144. The number of fused-ring (bicyclic) bond motifs is 1. The summed E-state index contributed by atoms with van der Waals surface area (Å²) in [4.78, 5) is 30.5. The molecule has 0 radical (unpaired) electrons. The number of aromatic nitrogens is 1. The molecule has 0 saturated carbocycles. The van der Waals surface area contributed by atoms with Gasteiger partial charge in [0.25, 0.3) is 5.91 Å². The maximum atomic E-state index is 12.9. The SMILES string of the molecule is CCOc1ccc(C(=O)N2CSCC2C(=O)Nc2ccc3[nH]ccc3c2)cc1. The van der Waals surface area contributed by atoms with Gasteiger partial charge in [0.2, 0.25) is 5.91 Å². The molecule has 28 heavy (non-hydrogen) atoms. The molecule has 1 fully saturated rings. The first-order chi connectivity index (χ1) is 13.7. The zero-order chi connectivity index (χ0) is 19.5. The van der Waals surface area contributed by atoms with Gasteiger partial charge in [-0.3, -0.25) is 9.59 Å². The highest BCUT2D eigenvalue weighted by Gasteiger charge is 2.35. The van der Waals surface area contributed by atoms with Crippen molar-refractivity contribution in [2.24, 2.45) is 0 Å². The summed E-state index contributed by atoms with van der Waals surface area (Å²) in [6.07, 6.45) is 1.86. The van der Waals surface area contributed by atoms with E-state index >= 15 is 0 Å². The summed E-state index contributed by atoms with van der Waals surface area (Å²) < 4.78 is 5.42. The number of thioether (sulfide) groups is 1. The molecule has 0 aliphatic carbocycles. The lowest BCUT2D eigenvalue weighted by molar-refractivity contribution is -0.119. The van der Waals surface area contributed by atoms with E-state index in [-0.39, 0.29) is 11.8 Å². The van der Waals surface area contributed by atoms with Crippen molar-refractivity contribution in [3.63, 3.8) is 0 Å². The van der Waals surface area contributed by atoms with Gasteiger partial charge in [0, 0.05) is 34.1 Å². The summed E-state index contributed by atoms with van der Waals surface area (Å²) in [7, 11) is 0. The van der Waals surface area contributed by atoms with E-state index in [0.29, 0.717) is 23.8 Å². The van der Waals surface area contributed by atoms with Crippen LogP contribution in [-0.4, -0.2) is 46.0 Å². The Labute approximate surface area is 167 Å². The summed E-state index contributed by atoms with van der Waals surface area (Å²) >= 11 is 1.58. The number of nitrogens with one attached hydrogen (secondary N) is 2. The predicted octanol–water partition coefficient (Wildman–Crippen LogP) is 3.72. The number of nitrogens with zero attached hydrogens (tertiary/aromatic N) is 1. The van der Waals surface area contributed by atoms with Gasteiger partial charge in [-0.05, 0) is 55.5 Å². The Morgan fingerprint density at radius 3 is 2.82 bits per heavy atom. The predicted molar refractivity (Wildman–Crippen MR) is 112 cm³/mol. The van der Waals surface area contributed by atoms with Gasteiger partial charge in [0.1, 0.15) is 11.8 Å². The first-order valence-electron chi connectivity index (χ1n) is 9.15. The lowest BCUT2D eigenvalue weighted by Crippen LogP contribution is -2.44. The minimum atomic E-state index is -0.494. The Morgan fingerprint density at radius 1 is 1.21 bits per heavy atom. The van der Waals surface area contributed by atoms with E-state index in [0.717, 1.165) is 22.3 Å². The van der Waals surface area contributed by atoms with Gasteiger partial charge >= 0.3 is 0 Å². The number of hydrogen-bond donors (Lipinski definition) is 2. The molecule has 2 heterocycles. The first-order valence-corrected chi connectivity index (χ1v) is 10.3. The van der Waals surface area contributed by atoms with Gasteiger partial charge in [0.05, 0.1) is 12.5 Å². The van der Waals surface area contributed by atoms with E-state index in [2.05, 4.69) is 10.3 Å². The second-order valence-corrected chi connectivity index (χ2v) is 7.52. The van der Waals surface area contributed by atoms with E-state index < -0.39 is 6.04 Å². The first kappa shape index (κ1) is 18.4. The van der Waals surface area contributed by atoms with Crippen LogP contribution >= 0.6 is 11.8 Å². The van der Waals surface area contributed by atoms with Crippen molar-refractivity contribution < 1.29 is 14.3 Å². The zero-order valence-corrected chi connectivity index (χ0v) is 16.3. The number of hydrogen-bond acceptors (Lipinski definition) is 4. The smallest absolute Gasteiger partial charge is 0.255 e. The topological polar surface area (TPSA) is 74.4 Å². The molecule has 1 aromatic heterocycles. The molecule has 4 rings (SSSR count). The molecule has 2 aromatic carbocycles. The van der Waals surface area contributed by atoms with Crippen molar-refractivity contribution in [3.05, 3.63) is 60.3 Å². The number of amides is 2. The van der Waals surface area contributed by atoms with Crippen LogP contribution in [-0.2, 0) is 4.79 Å². The van der Waals surface area contributed by atoms with Crippen LogP contribution in [0.5, 0.6) is 5.75 Å². The molecule has 7 heteroatoms. The van der Waals surface area contributed by atoms with Crippen molar-refractivity contribution in [3.8, 4) is 5.75 Å². The molecule has 3 aromatic rings. The Balaban J connectivity index is 1.47. The van der Waals surface area contributed by atoms with Crippen LogP contribution in [0.15, 0.2) is 54.7 Å². The van der Waals surface area contributed by atoms with Crippen LogP contribution in [0.4, 0.5) is 5.69 Å². The largest absolute Gasteiger partial charge is 0.494 e. The van der Waals surface area contributed by atoms with Crippen LogP contribution in [0.25, 0.3) is 10.9 Å². The third-order valence-corrected chi connectivity index (χ3v) is 5.69. The van der Waals surface area contributed by atoms with Gasteiger partial charge in [-0.2, -0.15) is 0 Å². The lowest BCUT2D eigenvalue weighted by Gasteiger charge is -2.23. The van der Waals surface area contributed by atoms with Crippen molar-refractivity contribution in [1.82, 2.24) is 9.88 Å². The van der Waals surface area contributed by atoms with Crippen LogP contribution in [0.1, 0.15) is 17.3 Å². The fourth-order valence-corrected chi connectivity index (χ4v) is 4.40. The van der Waals surface area contributed by atoms with E-state index in [1.54, 1.807) is 40.9 Å². The highest BCUT2D eigenvalue weighted by molar-refractivity contribution is 7.99. The van der Waals surface area contributed by atoms with E-state index in [1.165, 1.54) is 0 Å².